The minimum absolute atomic E-state index is 0.135. The van der Waals surface area contributed by atoms with Crippen LogP contribution in [-0.2, 0) is 4.79 Å². The zero-order valence-electron chi connectivity index (χ0n) is 16.2. The van der Waals surface area contributed by atoms with E-state index < -0.39 is 6.04 Å². The van der Waals surface area contributed by atoms with Crippen LogP contribution in [0.5, 0.6) is 0 Å². The monoisotopic (exact) mass is 365 g/mol. The van der Waals surface area contributed by atoms with Gasteiger partial charge in [0.15, 0.2) is 0 Å². The minimum atomic E-state index is -0.444. The maximum Gasteiger partial charge on any atom is 0.322 e. The van der Waals surface area contributed by atoms with Crippen molar-refractivity contribution in [1.29, 1.82) is 0 Å². The van der Waals surface area contributed by atoms with E-state index in [2.05, 4.69) is 24.5 Å². The van der Waals surface area contributed by atoms with Crippen LogP contribution >= 0.6 is 0 Å². The predicted molar refractivity (Wildman–Crippen MR) is 109 cm³/mol. The fourth-order valence-electron chi connectivity index (χ4n) is 3.29. The van der Waals surface area contributed by atoms with Crippen LogP contribution in [0.3, 0.4) is 0 Å². The Morgan fingerprint density at radius 2 is 1.56 bits per heavy atom. The molecular formula is C22H27N3O2. The molecule has 3 amide bonds. The molecule has 27 heavy (non-hydrogen) atoms. The summed E-state index contributed by atoms with van der Waals surface area (Å²) in [6.45, 7) is 6.86. The Morgan fingerprint density at radius 1 is 0.963 bits per heavy atom. The molecule has 0 bridgehead atoms. The van der Waals surface area contributed by atoms with Gasteiger partial charge in [0.25, 0.3) is 0 Å². The summed E-state index contributed by atoms with van der Waals surface area (Å²) in [7, 11) is 0. The number of carbonyl (C=O) groups is 2. The van der Waals surface area contributed by atoms with E-state index in [0.717, 1.165) is 23.4 Å². The third-order valence-corrected chi connectivity index (χ3v) is 4.96. The van der Waals surface area contributed by atoms with Crippen molar-refractivity contribution >= 4 is 23.3 Å². The Labute approximate surface area is 160 Å². The summed E-state index contributed by atoms with van der Waals surface area (Å²) < 4.78 is 0. The lowest BCUT2D eigenvalue weighted by atomic mass is 10.0. The van der Waals surface area contributed by atoms with Crippen molar-refractivity contribution in [2.24, 2.45) is 0 Å². The summed E-state index contributed by atoms with van der Waals surface area (Å²) in [6, 6.07) is 14.8. The van der Waals surface area contributed by atoms with Gasteiger partial charge in [-0.2, -0.15) is 0 Å². The van der Waals surface area contributed by atoms with Crippen LogP contribution in [0.1, 0.15) is 43.7 Å². The fraction of sp³-hybridized carbons (Fsp3) is 0.364. The molecule has 3 rings (SSSR count). The lowest BCUT2D eigenvalue weighted by molar-refractivity contribution is -0.119. The number of nitrogens with zero attached hydrogens (tertiary/aromatic N) is 1. The molecule has 1 aliphatic rings. The summed E-state index contributed by atoms with van der Waals surface area (Å²) in [6.07, 6.45) is 1.50. The van der Waals surface area contributed by atoms with Crippen LogP contribution in [0, 0.1) is 6.92 Å². The molecule has 5 heteroatoms. The highest BCUT2D eigenvalue weighted by molar-refractivity contribution is 5.99. The first kappa shape index (κ1) is 19.0. The summed E-state index contributed by atoms with van der Waals surface area (Å²) in [5.74, 6) is 0.314. The van der Waals surface area contributed by atoms with E-state index in [1.54, 1.807) is 4.90 Å². The number of hydrogen-bond donors (Lipinski definition) is 2. The molecule has 0 radical (unpaired) electrons. The van der Waals surface area contributed by atoms with Crippen molar-refractivity contribution in [3.8, 4) is 0 Å². The molecule has 142 valence electrons. The molecular weight excluding hydrogens is 338 g/mol. The van der Waals surface area contributed by atoms with E-state index in [0.29, 0.717) is 18.9 Å². The number of anilines is 2. The van der Waals surface area contributed by atoms with Crippen molar-refractivity contribution in [2.75, 3.05) is 17.2 Å². The first-order chi connectivity index (χ1) is 12.9. The third kappa shape index (κ3) is 4.67. The van der Waals surface area contributed by atoms with Gasteiger partial charge in [0, 0.05) is 17.9 Å². The number of urea groups is 1. The highest BCUT2D eigenvalue weighted by atomic mass is 16.2. The van der Waals surface area contributed by atoms with Crippen LogP contribution < -0.4 is 10.6 Å². The zero-order valence-corrected chi connectivity index (χ0v) is 16.2. The molecule has 0 unspecified atom stereocenters. The number of likely N-dealkylation sites (tertiary alicyclic amines) is 1. The maximum absolute atomic E-state index is 12.7. The van der Waals surface area contributed by atoms with Crippen molar-refractivity contribution in [3.05, 3.63) is 59.7 Å². The molecule has 0 aliphatic carbocycles. The van der Waals surface area contributed by atoms with Crippen LogP contribution in [-0.4, -0.2) is 29.4 Å². The molecule has 0 saturated carbocycles. The Kier molecular flexibility index (Phi) is 5.79. The van der Waals surface area contributed by atoms with Gasteiger partial charge < -0.3 is 15.5 Å². The Bertz CT molecular complexity index is 797. The van der Waals surface area contributed by atoms with E-state index in [1.165, 1.54) is 5.56 Å². The summed E-state index contributed by atoms with van der Waals surface area (Å²) in [4.78, 5) is 27.0. The molecule has 1 aliphatic heterocycles. The molecule has 2 aromatic carbocycles. The quantitative estimate of drug-likeness (QED) is 0.821. The van der Waals surface area contributed by atoms with Gasteiger partial charge in [-0.25, -0.2) is 4.79 Å². The predicted octanol–water partition coefficient (Wildman–Crippen LogP) is 4.75. The average molecular weight is 365 g/mol. The van der Waals surface area contributed by atoms with Crippen LogP contribution in [0.15, 0.2) is 48.5 Å². The van der Waals surface area contributed by atoms with Crippen molar-refractivity contribution in [2.45, 2.75) is 45.6 Å². The second-order valence-corrected chi connectivity index (χ2v) is 7.41. The second kappa shape index (κ2) is 8.25. The number of rotatable bonds is 4. The van der Waals surface area contributed by atoms with Gasteiger partial charge in [-0.1, -0.05) is 43.7 Å². The third-order valence-electron chi connectivity index (χ3n) is 4.96. The average Bonchev–Trinajstić information content (AvgIpc) is 3.14. The van der Waals surface area contributed by atoms with Crippen LogP contribution in [0.25, 0.3) is 0 Å². The summed E-state index contributed by atoms with van der Waals surface area (Å²) in [5.41, 5.74) is 3.86. The highest BCUT2D eigenvalue weighted by Gasteiger charge is 2.34. The number of hydrogen-bond acceptors (Lipinski definition) is 2. The summed E-state index contributed by atoms with van der Waals surface area (Å²) in [5, 5.41) is 5.83. The van der Waals surface area contributed by atoms with E-state index in [9.17, 15) is 9.59 Å². The van der Waals surface area contributed by atoms with Gasteiger partial charge >= 0.3 is 6.03 Å². The lowest BCUT2D eigenvalue weighted by Crippen LogP contribution is -2.45. The van der Waals surface area contributed by atoms with Crippen LogP contribution in [0.2, 0.25) is 0 Å². The van der Waals surface area contributed by atoms with Crippen LogP contribution in [0.4, 0.5) is 16.2 Å². The van der Waals surface area contributed by atoms with E-state index in [1.807, 2.05) is 55.5 Å². The van der Waals surface area contributed by atoms with E-state index in [4.69, 9.17) is 0 Å². The molecule has 1 fully saturated rings. The largest absolute Gasteiger partial charge is 0.324 e. The number of benzene rings is 2. The molecule has 2 aromatic rings. The number of aryl methyl sites for hydroxylation is 1. The number of carbonyl (C=O) groups excluding carboxylic acids is 2. The second-order valence-electron chi connectivity index (χ2n) is 7.41. The number of nitrogens with one attached hydrogen (secondary N) is 2. The van der Waals surface area contributed by atoms with Gasteiger partial charge in [-0.15, -0.1) is 0 Å². The normalized spacial score (nSPS) is 16.4. The van der Waals surface area contributed by atoms with Crippen molar-refractivity contribution in [1.82, 2.24) is 4.90 Å². The van der Waals surface area contributed by atoms with E-state index >= 15 is 0 Å². The molecule has 0 spiro atoms. The highest BCUT2D eigenvalue weighted by Crippen LogP contribution is 2.22. The van der Waals surface area contributed by atoms with Gasteiger partial charge in [-0.3, -0.25) is 4.79 Å². The Hall–Kier alpha value is -2.82. The van der Waals surface area contributed by atoms with E-state index in [-0.39, 0.29) is 11.9 Å². The molecule has 2 N–H and O–H groups in total. The van der Waals surface area contributed by atoms with Gasteiger partial charge in [0.05, 0.1) is 0 Å². The van der Waals surface area contributed by atoms with Crippen molar-refractivity contribution in [3.63, 3.8) is 0 Å². The molecule has 1 atom stereocenters. The SMILES string of the molecule is Cc1ccc(NC(=O)N2CCC[C@@H]2C(=O)Nc2ccc(C(C)C)cc2)cc1. The fourth-order valence-corrected chi connectivity index (χ4v) is 3.29. The zero-order chi connectivity index (χ0) is 19.4. The molecule has 5 nitrogen and oxygen atoms in total. The molecule has 0 aromatic heterocycles. The van der Waals surface area contributed by atoms with Gasteiger partial charge in [0.1, 0.15) is 6.04 Å². The Balaban J connectivity index is 1.63. The van der Waals surface area contributed by atoms with Crippen molar-refractivity contribution < 1.29 is 9.59 Å². The number of amides is 3. The first-order valence-electron chi connectivity index (χ1n) is 9.49. The standard InChI is InChI=1S/C22H27N3O2/c1-15(2)17-8-12-18(13-9-17)23-21(26)20-5-4-14-25(20)22(27)24-19-10-6-16(3)7-11-19/h6-13,15,20H,4-5,14H2,1-3H3,(H,23,26)(H,24,27)/t20-/m1/s1. The molecule has 1 saturated heterocycles. The minimum Gasteiger partial charge on any atom is -0.324 e. The Morgan fingerprint density at radius 3 is 2.19 bits per heavy atom. The topological polar surface area (TPSA) is 61.4 Å². The lowest BCUT2D eigenvalue weighted by Gasteiger charge is -2.24. The summed E-state index contributed by atoms with van der Waals surface area (Å²) >= 11 is 0. The maximum atomic E-state index is 12.7. The van der Waals surface area contributed by atoms with Gasteiger partial charge in [0.2, 0.25) is 5.91 Å². The smallest absolute Gasteiger partial charge is 0.322 e. The van der Waals surface area contributed by atoms with Gasteiger partial charge in [-0.05, 0) is 55.5 Å². The first-order valence-corrected chi connectivity index (χ1v) is 9.49. The molecule has 1 heterocycles.